The summed E-state index contributed by atoms with van der Waals surface area (Å²) in [5.41, 5.74) is 0.998. The van der Waals surface area contributed by atoms with Gasteiger partial charge >= 0.3 is 0 Å². The highest BCUT2D eigenvalue weighted by Crippen LogP contribution is 2.25. The lowest BCUT2D eigenvalue weighted by atomic mass is 9.99. The zero-order chi connectivity index (χ0) is 17.7. The Bertz CT molecular complexity index is 564. The zero-order valence-electron chi connectivity index (χ0n) is 15.2. The van der Waals surface area contributed by atoms with E-state index in [1.807, 2.05) is 32.2 Å². The summed E-state index contributed by atoms with van der Waals surface area (Å²) in [6.07, 6.45) is 4.50. The Labute approximate surface area is 150 Å². The molecule has 2 unspecified atom stereocenters. The van der Waals surface area contributed by atoms with Crippen molar-refractivity contribution in [3.8, 4) is 5.75 Å². The highest BCUT2D eigenvalue weighted by atomic mass is 35.5. The van der Waals surface area contributed by atoms with E-state index < -0.39 is 0 Å². The van der Waals surface area contributed by atoms with Crippen molar-refractivity contribution >= 4 is 17.5 Å². The predicted octanol–water partition coefficient (Wildman–Crippen LogP) is 3.96. The van der Waals surface area contributed by atoms with Crippen LogP contribution in [0.2, 0.25) is 5.02 Å². The largest absolute Gasteiger partial charge is 0.496 e. The normalized spacial score (nSPS) is 19.4. The Balaban J connectivity index is 2.07. The van der Waals surface area contributed by atoms with Crippen LogP contribution in [0.3, 0.4) is 0 Å². The van der Waals surface area contributed by atoms with Crippen molar-refractivity contribution in [2.75, 3.05) is 20.7 Å². The number of benzene rings is 1. The fourth-order valence-electron chi connectivity index (χ4n) is 3.42. The predicted molar refractivity (Wildman–Crippen MR) is 98.6 cm³/mol. The highest BCUT2D eigenvalue weighted by Gasteiger charge is 2.30. The lowest BCUT2D eigenvalue weighted by Crippen LogP contribution is -2.51. The summed E-state index contributed by atoms with van der Waals surface area (Å²) in [5, 5.41) is 0.681. The second-order valence-electron chi connectivity index (χ2n) is 6.64. The summed E-state index contributed by atoms with van der Waals surface area (Å²) in [6.45, 7) is 5.67. The number of methoxy groups -OCH3 is 1. The molecule has 2 atom stereocenters. The van der Waals surface area contributed by atoms with Gasteiger partial charge in [0.25, 0.3) is 0 Å². The van der Waals surface area contributed by atoms with E-state index in [0.717, 1.165) is 37.1 Å². The van der Waals surface area contributed by atoms with Crippen LogP contribution in [0, 0.1) is 0 Å². The molecule has 1 aromatic carbocycles. The smallest absolute Gasteiger partial charge is 0.239 e. The summed E-state index contributed by atoms with van der Waals surface area (Å²) in [5.74, 6) is 1.03. The topological polar surface area (TPSA) is 32.8 Å². The van der Waals surface area contributed by atoms with Gasteiger partial charge in [0.2, 0.25) is 5.91 Å². The Morgan fingerprint density at radius 1 is 1.46 bits per heavy atom. The molecule has 5 heteroatoms. The van der Waals surface area contributed by atoms with Gasteiger partial charge < -0.3 is 9.64 Å². The van der Waals surface area contributed by atoms with E-state index in [4.69, 9.17) is 16.3 Å². The number of halogens is 1. The lowest BCUT2D eigenvalue weighted by molar-refractivity contribution is -0.140. The van der Waals surface area contributed by atoms with E-state index in [9.17, 15) is 4.79 Å². The highest BCUT2D eigenvalue weighted by molar-refractivity contribution is 6.30. The number of ether oxygens (including phenoxy) is 1. The van der Waals surface area contributed by atoms with Crippen LogP contribution < -0.4 is 4.74 Å². The van der Waals surface area contributed by atoms with Crippen LogP contribution in [0.25, 0.3) is 0 Å². The first-order valence-electron chi connectivity index (χ1n) is 8.81. The maximum absolute atomic E-state index is 12.9. The standard InChI is InChI=1S/C19H29ClN2O2/c1-5-17-8-6-7-11-22(17)19(23)14(2)21(3)13-15-12-16(20)9-10-18(15)24-4/h9-10,12,14,17H,5-8,11,13H2,1-4H3. The quantitative estimate of drug-likeness (QED) is 0.776. The molecule has 0 aromatic heterocycles. The minimum atomic E-state index is -0.166. The maximum atomic E-state index is 12.9. The summed E-state index contributed by atoms with van der Waals surface area (Å²) < 4.78 is 5.41. The number of likely N-dealkylation sites (N-methyl/N-ethyl adjacent to an activating group) is 1. The van der Waals surface area contributed by atoms with Crippen LogP contribution in [0.5, 0.6) is 5.75 Å². The van der Waals surface area contributed by atoms with Gasteiger partial charge in [0.15, 0.2) is 0 Å². The van der Waals surface area contributed by atoms with Crippen LogP contribution in [-0.4, -0.2) is 48.5 Å². The number of carbonyl (C=O) groups is 1. The van der Waals surface area contributed by atoms with Crippen molar-refractivity contribution in [2.45, 2.75) is 58.2 Å². The molecule has 1 aromatic rings. The molecular formula is C19H29ClN2O2. The van der Waals surface area contributed by atoms with Gasteiger partial charge in [-0.15, -0.1) is 0 Å². The zero-order valence-corrected chi connectivity index (χ0v) is 16.0. The number of rotatable bonds is 6. The Morgan fingerprint density at radius 2 is 2.21 bits per heavy atom. The minimum absolute atomic E-state index is 0.166. The number of hydrogen-bond donors (Lipinski definition) is 0. The molecule has 0 saturated carbocycles. The Kier molecular flexibility index (Phi) is 6.93. The number of nitrogens with zero attached hydrogens (tertiary/aromatic N) is 2. The van der Waals surface area contributed by atoms with E-state index in [2.05, 4.69) is 16.7 Å². The SMILES string of the molecule is CCC1CCCCN1C(=O)C(C)N(C)Cc1cc(Cl)ccc1OC. The molecule has 0 aliphatic carbocycles. The van der Waals surface area contributed by atoms with Gasteiger partial charge in [0.1, 0.15) is 5.75 Å². The molecule has 24 heavy (non-hydrogen) atoms. The monoisotopic (exact) mass is 352 g/mol. The van der Waals surface area contributed by atoms with Crippen molar-refractivity contribution in [1.29, 1.82) is 0 Å². The average Bonchev–Trinajstić information content (AvgIpc) is 2.60. The van der Waals surface area contributed by atoms with Crippen LogP contribution >= 0.6 is 11.6 Å². The molecular weight excluding hydrogens is 324 g/mol. The molecule has 1 aliphatic heterocycles. The molecule has 1 fully saturated rings. The fourth-order valence-corrected chi connectivity index (χ4v) is 3.61. The third-order valence-corrected chi connectivity index (χ3v) is 5.30. The van der Waals surface area contributed by atoms with Crippen molar-refractivity contribution in [1.82, 2.24) is 9.80 Å². The molecule has 0 bridgehead atoms. The molecule has 1 aliphatic rings. The fraction of sp³-hybridized carbons (Fsp3) is 0.632. The van der Waals surface area contributed by atoms with Gasteiger partial charge in [-0.25, -0.2) is 0 Å². The lowest BCUT2D eigenvalue weighted by Gasteiger charge is -2.38. The molecule has 1 amide bonds. The molecule has 0 radical (unpaired) electrons. The Morgan fingerprint density at radius 3 is 2.88 bits per heavy atom. The summed E-state index contributed by atoms with van der Waals surface area (Å²) in [7, 11) is 3.63. The first-order chi connectivity index (χ1) is 11.5. The van der Waals surface area contributed by atoms with Gasteiger partial charge in [0, 0.05) is 29.7 Å². The molecule has 1 heterocycles. The van der Waals surface area contributed by atoms with Crippen molar-refractivity contribution in [2.24, 2.45) is 0 Å². The molecule has 2 rings (SSSR count). The first kappa shape index (κ1) is 19.1. The molecule has 134 valence electrons. The second kappa shape index (κ2) is 8.72. The number of carbonyl (C=O) groups excluding carboxylic acids is 1. The third kappa shape index (κ3) is 4.42. The van der Waals surface area contributed by atoms with Crippen LogP contribution in [0.1, 0.15) is 45.1 Å². The van der Waals surface area contributed by atoms with Crippen molar-refractivity contribution in [3.05, 3.63) is 28.8 Å². The summed E-state index contributed by atoms with van der Waals surface area (Å²) in [4.78, 5) is 17.1. The van der Waals surface area contributed by atoms with Crippen molar-refractivity contribution < 1.29 is 9.53 Å². The molecule has 0 spiro atoms. The van der Waals surface area contributed by atoms with Gasteiger partial charge in [0.05, 0.1) is 13.2 Å². The molecule has 0 N–H and O–H groups in total. The van der Waals surface area contributed by atoms with E-state index in [1.54, 1.807) is 7.11 Å². The van der Waals surface area contributed by atoms with E-state index in [1.165, 1.54) is 6.42 Å². The van der Waals surface area contributed by atoms with Gasteiger partial charge in [-0.3, -0.25) is 9.69 Å². The van der Waals surface area contributed by atoms with Crippen molar-refractivity contribution in [3.63, 3.8) is 0 Å². The molecule has 1 saturated heterocycles. The van der Waals surface area contributed by atoms with Crippen LogP contribution in [-0.2, 0) is 11.3 Å². The summed E-state index contributed by atoms with van der Waals surface area (Å²) >= 11 is 6.11. The molecule has 4 nitrogen and oxygen atoms in total. The van der Waals surface area contributed by atoms with E-state index >= 15 is 0 Å². The summed E-state index contributed by atoms with van der Waals surface area (Å²) in [6, 6.07) is 5.82. The van der Waals surface area contributed by atoms with E-state index in [-0.39, 0.29) is 11.9 Å². The first-order valence-corrected chi connectivity index (χ1v) is 9.18. The van der Waals surface area contributed by atoms with E-state index in [0.29, 0.717) is 17.6 Å². The van der Waals surface area contributed by atoms with Crippen LogP contribution in [0.15, 0.2) is 18.2 Å². The third-order valence-electron chi connectivity index (χ3n) is 5.06. The number of amides is 1. The minimum Gasteiger partial charge on any atom is -0.496 e. The maximum Gasteiger partial charge on any atom is 0.239 e. The van der Waals surface area contributed by atoms with Gasteiger partial charge in [-0.2, -0.15) is 0 Å². The number of hydrogen-bond acceptors (Lipinski definition) is 3. The van der Waals surface area contributed by atoms with Crippen LogP contribution in [0.4, 0.5) is 0 Å². The van der Waals surface area contributed by atoms with Gasteiger partial charge in [-0.1, -0.05) is 18.5 Å². The number of piperidine rings is 1. The van der Waals surface area contributed by atoms with Gasteiger partial charge in [-0.05, 0) is 57.9 Å². The second-order valence-corrected chi connectivity index (χ2v) is 7.07. The number of likely N-dealkylation sites (tertiary alicyclic amines) is 1. The Hall–Kier alpha value is -1.26. The average molecular weight is 353 g/mol.